The molecule has 1 aromatic heterocycles. The Balaban J connectivity index is 1.67. The molecule has 0 bridgehead atoms. The van der Waals surface area contributed by atoms with E-state index in [0.29, 0.717) is 5.92 Å². The molecule has 1 saturated carbocycles. The van der Waals surface area contributed by atoms with E-state index in [-0.39, 0.29) is 0 Å². The maximum atomic E-state index is 4.79. The molecular weight excluding hydrogens is 278 g/mol. The van der Waals surface area contributed by atoms with Crippen LogP contribution in [0.15, 0.2) is 42.6 Å². The Bertz CT molecular complexity index is 589. The molecule has 1 aromatic carbocycles. The van der Waals surface area contributed by atoms with Crippen LogP contribution in [-0.4, -0.2) is 4.98 Å². The minimum absolute atomic E-state index is 0.679. The Morgan fingerprint density at radius 2 is 1.57 bits per heavy atom. The predicted molar refractivity (Wildman–Crippen MR) is 98.7 cm³/mol. The third kappa shape index (κ3) is 4.02. The third-order valence-corrected chi connectivity index (χ3v) is 5.45. The fraction of sp³-hybridized carbons (Fsp3) is 0.500. The summed E-state index contributed by atoms with van der Waals surface area (Å²) < 4.78 is 0. The lowest BCUT2D eigenvalue weighted by Crippen LogP contribution is -2.13. The zero-order valence-electron chi connectivity index (χ0n) is 14.6. The third-order valence-electron chi connectivity index (χ3n) is 5.45. The van der Waals surface area contributed by atoms with Crippen LogP contribution in [0.2, 0.25) is 0 Å². The van der Waals surface area contributed by atoms with Crippen molar-refractivity contribution in [1.82, 2.24) is 4.98 Å². The molecule has 0 spiro atoms. The summed E-state index contributed by atoms with van der Waals surface area (Å²) in [6.07, 6.45) is 11.2. The Kier molecular flexibility index (Phi) is 5.48. The summed E-state index contributed by atoms with van der Waals surface area (Å²) in [5.41, 5.74) is 5.23. The molecule has 23 heavy (non-hydrogen) atoms. The van der Waals surface area contributed by atoms with E-state index in [1.54, 1.807) is 0 Å². The number of hydrogen-bond acceptors (Lipinski definition) is 1. The molecule has 0 unspecified atom stereocenters. The van der Waals surface area contributed by atoms with Gasteiger partial charge in [0.05, 0.1) is 0 Å². The minimum atomic E-state index is 0.679. The smallest absolute Gasteiger partial charge is 0.0434 e. The van der Waals surface area contributed by atoms with Gasteiger partial charge in [-0.1, -0.05) is 57.0 Å². The topological polar surface area (TPSA) is 12.9 Å². The lowest BCUT2D eigenvalue weighted by molar-refractivity contribution is 0.315. The van der Waals surface area contributed by atoms with E-state index in [1.807, 2.05) is 0 Å². The summed E-state index contributed by atoms with van der Waals surface area (Å²) in [7, 11) is 0. The van der Waals surface area contributed by atoms with Gasteiger partial charge in [0.15, 0.2) is 0 Å². The van der Waals surface area contributed by atoms with Crippen LogP contribution in [0.3, 0.4) is 0 Å². The molecule has 0 radical (unpaired) electrons. The highest BCUT2D eigenvalue weighted by Crippen LogP contribution is 2.36. The van der Waals surface area contributed by atoms with Crippen LogP contribution in [0.1, 0.15) is 69.5 Å². The highest BCUT2D eigenvalue weighted by molar-refractivity contribution is 5.62. The van der Waals surface area contributed by atoms with Crippen LogP contribution in [0, 0.1) is 5.92 Å². The first-order chi connectivity index (χ1) is 11.3. The number of hydrogen-bond donors (Lipinski definition) is 0. The first kappa shape index (κ1) is 16.2. The van der Waals surface area contributed by atoms with Crippen LogP contribution < -0.4 is 0 Å². The molecule has 0 amide bonds. The first-order valence-electron chi connectivity index (χ1n) is 9.35. The molecular formula is C22H29N. The van der Waals surface area contributed by atoms with Gasteiger partial charge in [0, 0.05) is 23.4 Å². The van der Waals surface area contributed by atoms with Crippen molar-refractivity contribution in [3.63, 3.8) is 0 Å². The molecule has 0 saturated heterocycles. The lowest BCUT2D eigenvalue weighted by atomic mass is 9.79. The molecule has 1 aliphatic carbocycles. The minimum Gasteiger partial charge on any atom is -0.260 e. The largest absolute Gasteiger partial charge is 0.260 e. The second-order valence-electron chi connectivity index (χ2n) is 7.04. The van der Waals surface area contributed by atoms with E-state index in [1.165, 1.54) is 60.9 Å². The van der Waals surface area contributed by atoms with Gasteiger partial charge in [0.1, 0.15) is 0 Å². The molecule has 2 aromatic rings. The SMILES string of the molecule is CCCc1ccc(-c2ccc(C3CCC(CC)CC3)nc2)cc1. The zero-order chi connectivity index (χ0) is 16.1. The second-order valence-corrected chi connectivity index (χ2v) is 7.04. The van der Waals surface area contributed by atoms with Gasteiger partial charge < -0.3 is 0 Å². The highest BCUT2D eigenvalue weighted by Gasteiger charge is 2.22. The fourth-order valence-electron chi connectivity index (χ4n) is 3.84. The summed E-state index contributed by atoms with van der Waals surface area (Å²) in [5, 5.41) is 0. The predicted octanol–water partition coefficient (Wildman–Crippen LogP) is 6.38. The molecule has 122 valence electrons. The molecule has 0 atom stereocenters. The molecule has 1 heterocycles. The summed E-state index contributed by atoms with van der Waals surface area (Å²) in [5.74, 6) is 1.63. The number of benzene rings is 1. The molecule has 3 rings (SSSR count). The van der Waals surface area contributed by atoms with Crippen LogP contribution in [0.4, 0.5) is 0 Å². The Morgan fingerprint density at radius 3 is 2.13 bits per heavy atom. The quantitative estimate of drug-likeness (QED) is 0.624. The zero-order valence-corrected chi connectivity index (χ0v) is 14.6. The molecule has 1 fully saturated rings. The van der Waals surface area contributed by atoms with Crippen molar-refractivity contribution < 1.29 is 0 Å². The summed E-state index contributed by atoms with van der Waals surface area (Å²) >= 11 is 0. The van der Waals surface area contributed by atoms with Crippen LogP contribution >= 0.6 is 0 Å². The number of nitrogens with zero attached hydrogens (tertiary/aromatic N) is 1. The second kappa shape index (κ2) is 7.77. The van der Waals surface area contributed by atoms with Crippen LogP contribution in [0.5, 0.6) is 0 Å². The van der Waals surface area contributed by atoms with Crippen molar-refractivity contribution in [3.8, 4) is 11.1 Å². The Labute approximate surface area is 141 Å². The van der Waals surface area contributed by atoms with E-state index in [0.717, 1.165) is 12.3 Å². The van der Waals surface area contributed by atoms with Crippen molar-refractivity contribution in [3.05, 3.63) is 53.9 Å². The van der Waals surface area contributed by atoms with Gasteiger partial charge in [0.2, 0.25) is 0 Å². The van der Waals surface area contributed by atoms with E-state index in [2.05, 4.69) is 56.4 Å². The van der Waals surface area contributed by atoms with E-state index in [4.69, 9.17) is 4.98 Å². The normalized spacial score (nSPS) is 21.3. The van der Waals surface area contributed by atoms with Crippen molar-refractivity contribution in [2.24, 2.45) is 5.92 Å². The van der Waals surface area contributed by atoms with Gasteiger partial charge in [-0.2, -0.15) is 0 Å². The van der Waals surface area contributed by atoms with Gasteiger partial charge in [-0.3, -0.25) is 4.98 Å². The maximum absolute atomic E-state index is 4.79. The maximum Gasteiger partial charge on any atom is 0.0434 e. The van der Waals surface area contributed by atoms with Gasteiger partial charge in [-0.05, 0) is 55.2 Å². The molecule has 1 heteroatoms. The average molecular weight is 307 g/mol. The monoisotopic (exact) mass is 307 g/mol. The van der Waals surface area contributed by atoms with Crippen molar-refractivity contribution >= 4 is 0 Å². The van der Waals surface area contributed by atoms with Crippen LogP contribution in [0.25, 0.3) is 11.1 Å². The van der Waals surface area contributed by atoms with Crippen molar-refractivity contribution in [2.45, 2.75) is 64.7 Å². The standard InChI is InChI=1S/C22H29N/c1-3-5-18-8-10-19(11-9-18)21-14-15-22(23-16-21)20-12-6-17(4-2)7-13-20/h8-11,14-17,20H,3-7,12-13H2,1-2H3. The Hall–Kier alpha value is -1.63. The number of pyridine rings is 1. The summed E-state index contributed by atoms with van der Waals surface area (Å²) in [6.45, 7) is 4.55. The Morgan fingerprint density at radius 1 is 0.870 bits per heavy atom. The van der Waals surface area contributed by atoms with Crippen molar-refractivity contribution in [2.75, 3.05) is 0 Å². The molecule has 1 nitrogen and oxygen atoms in total. The number of rotatable bonds is 5. The summed E-state index contributed by atoms with van der Waals surface area (Å²) in [4.78, 5) is 4.79. The summed E-state index contributed by atoms with van der Waals surface area (Å²) in [6, 6.07) is 13.5. The van der Waals surface area contributed by atoms with Gasteiger partial charge in [0.25, 0.3) is 0 Å². The lowest BCUT2D eigenvalue weighted by Gasteiger charge is -2.27. The van der Waals surface area contributed by atoms with Gasteiger partial charge >= 0.3 is 0 Å². The highest BCUT2D eigenvalue weighted by atomic mass is 14.7. The van der Waals surface area contributed by atoms with Gasteiger partial charge in [-0.15, -0.1) is 0 Å². The fourth-order valence-corrected chi connectivity index (χ4v) is 3.84. The molecule has 1 aliphatic rings. The average Bonchev–Trinajstić information content (AvgIpc) is 2.63. The van der Waals surface area contributed by atoms with E-state index >= 15 is 0 Å². The van der Waals surface area contributed by atoms with Crippen LogP contribution in [-0.2, 0) is 6.42 Å². The van der Waals surface area contributed by atoms with Gasteiger partial charge in [-0.25, -0.2) is 0 Å². The van der Waals surface area contributed by atoms with E-state index < -0.39 is 0 Å². The van der Waals surface area contributed by atoms with Crippen molar-refractivity contribution in [1.29, 1.82) is 0 Å². The van der Waals surface area contributed by atoms with E-state index in [9.17, 15) is 0 Å². The molecule has 0 N–H and O–H groups in total. The number of aryl methyl sites for hydroxylation is 1. The first-order valence-corrected chi connectivity index (χ1v) is 9.35. The number of aromatic nitrogens is 1. The molecule has 0 aliphatic heterocycles.